The summed E-state index contributed by atoms with van der Waals surface area (Å²) in [5.41, 5.74) is -3.51. The van der Waals surface area contributed by atoms with Crippen LogP contribution in [0.25, 0.3) is 5.69 Å². The topological polar surface area (TPSA) is 87.3 Å². The fraction of sp³-hybridized carbons (Fsp3) is 0.0588. The van der Waals surface area contributed by atoms with Crippen LogP contribution in [0, 0.1) is 15.9 Å². The Balaban J connectivity index is 2.08. The first kappa shape index (κ1) is 20.3. The zero-order chi connectivity index (χ0) is 21.3. The average Bonchev–Trinajstić information content (AvgIpc) is 2.63. The van der Waals surface area contributed by atoms with E-state index in [0.717, 1.165) is 18.2 Å². The van der Waals surface area contributed by atoms with Crippen molar-refractivity contribution < 1.29 is 27.2 Å². The molecule has 0 atom stereocenters. The first-order valence-electron chi connectivity index (χ1n) is 7.65. The maximum absolute atomic E-state index is 14.3. The molecular formula is C17H8ClF4N3O4. The number of rotatable bonds is 4. The Morgan fingerprint density at radius 3 is 2.45 bits per heavy atom. The summed E-state index contributed by atoms with van der Waals surface area (Å²) in [4.78, 5) is 22.4. The fourth-order valence-corrected chi connectivity index (χ4v) is 2.50. The Morgan fingerprint density at radius 2 is 1.83 bits per heavy atom. The van der Waals surface area contributed by atoms with Gasteiger partial charge in [-0.15, -0.1) is 0 Å². The molecule has 0 N–H and O–H groups in total. The van der Waals surface area contributed by atoms with Crippen molar-refractivity contribution in [2.24, 2.45) is 0 Å². The van der Waals surface area contributed by atoms with E-state index in [0.29, 0.717) is 10.9 Å². The molecule has 0 radical (unpaired) electrons. The third-order valence-corrected chi connectivity index (χ3v) is 3.93. The normalized spacial score (nSPS) is 11.3. The minimum Gasteiger partial charge on any atom is -0.448 e. The minimum absolute atomic E-state index is 0.218. The van der Waals surface area contributed by atoms with E-state index in [1.165, 1.54) is 18.2 Å². The average molecular weight is 430 g/mol. The lowest BCUT2D eigenvalue weighted by Crippen LogP contribution is -2.24. The van der Waals surface area contributed by atoms with Crippen LogP contribution in [0.3, 0.4) is 0 Å². The van der Waals surface area contributed by atoms with Gasteiger partial charge >= 0.3 is 11.9 Å². The van der Waals surface area contributed by atoms with Crippen molar-refractivity contribution in [3.63, 3.8) is 0 Å². The van der Waals surface area contributed by atoms with Gasteiger partial charge in [0.25, 0.3) is 5.56 Å². The van der Waals surface area contributed by atoms with E-state index >= 15 is 0 Å². The summed E-state index contributed by atoms with van der Waals surface area (Å²) in [5.74, 6) is -1.56. The lowest BCUT2D eigenvalue weighted by molar-refractivity contribution is -0.385. The van der Waals surface area contributed by atoms with Crippen LogP contribution in [0.1, 0.15) is 5.56 Å². The first-order chi connectivity index (χ1) is 13.6. The van der Waals surface area contributed by atoms with Gasteiger partial charge in [0.05, 0.1) is 21.7 Å². The van der Waals surface area contributed by atoms with Crippen molar-refractivity contribution in [2.45, 2.75) is 6.18 Å². The number of alkyl halides is 3. The zero-order valence-electron chi connectivity index (χ0n) is 14.0. The van der Waals surface area contributed by atoms with Gasteiger partial charge in [-0.3, -0.25) is 14.9 Å². The molecule has 0 aliphatic carbocycles. The highest BCUT2D eigenvalue weighted by atomic mass is 35.5. The number of nitrogens with zero attached hydrogens (tertiary/aromatic N) is 3. The minimum atomic E-state index is -4.80. The molecule has 0 fully saturated rings. The molecule has 0 bridgehead atoms. The van der Waals surface area contributed by atoms with Crippen LogP contribution in [-0.2, 0) is 6.18 Å². The van der Waals surface area contributed by atoms with Crippen LogP contribution in [-0.4, -0.2) is 14.7 Å². The molecule has 2 aromatic carbocycles. The third kappa shape index (κ3) is 4.19. The molecule has 0 aliphatic heterocycles. The molecular weight excluding hydrogens is 422 g/mol. The van der Waals surface area contributed by atoms with Gasteiger partial charge in [-0.1, -0.05) is 23.7 Å². The molecule has 0 amide bonds. The molecule has 7 nitrogen and oxygen atoms in total. The predicted molar refractivity (Wildman–Crippen MR) is 93.0 cm³/mol. The number of hydrogen-bond donors (Lipinski definition) is 0. The molecule has 1 heterocycles. The Labute approximate surface area is 163 Å². The Bertz CT molecular complexity index is 1160. The summed E-state index contributed by atoms with van der Waals surface area (Å²) < 4.78 is 58.1. The van der Waals surface area contributed by atoms with Crippen LogP contribution in [0.4, 0.5) is 23.2 Å². The van der Waals surface area contributed by atoms with E-state index in [1.807, 2.05) is 0 Å². The van der Waals surface area contributed by atoms with E-state index < -0.39 is 39.4 Å². The third-order valence-electron chi connectivity index (χ3n) is 3.64. The summed E-state index contributed by atoms with van der Waals surface area (Å²) >= 11 is 5.90. The molecule has 3 aromatic rings. The largest absolute Gasteiger partial charge is 0.448 e. The molecule has 3 rings (SSSR count). The summed E-state index contributed by atoms with van der Waals surface area (Å²) in [6.45, 7) is 0. The van der Waals surface area contributed by atoms with Crippen molar-refractivity contribution >= 4 is 17.3 Å². The number of aromatic nitrogens is 2. The second-order valence-corrected chi connectivity index (χ2v) is 5.96. The van der Waals surface area contributed by atoms with Gasteiger partial charge < -0.3 is 4.74 Å². The lowest BCUT2D eigenvalue weighted by atomic mass is 10.2. The molecule has 1 aromatic heterocycles. The zero-order valence-corrected chi connectivity index (χ0v) is 14.7. The van der Waals surface area contributed by atoms with Crippen LogP contribution >= 0.6 is 11.6 Å². The van der Waals surface area contributed by atoms with Crippen molar-refractivity contribution in [2.75, 3.05) is 0 Å². The molecule has 29 heavy (non-hydrogen) atoms. The van der Waals surface area contributed by atoms with E-state index in [2.05, 4.69) is 5.10 Å². The second-order valence-electron chi connectivity index (χ2n) is 5.55. The maximum atomic E-state index is 14.3. The van der Waals surface area contributed by atoms with Gasteiger partial charge in [-0.25, -0.2) is 4.39 Å². The Morgan fingerprint density at radius 1 is 1.14 bits per heavy atom. The second kappa shape index (κ2) is 7.51. The van der Waals surface area contributed by atoms with Crippen molar-refractivity contribution in [3.8, 4) is 17.2 Å². The van der Waals surface area contributed by atoms with Gasteiger partial charge in [0, 0.05) is 18.2 Å². The highest BCUT2D eigenvalue weighted by Gasteiger charge is 2.32. The van der Waals surface area contributed by atoms with Crippen LogP contribution in [0.5, 0.6) is 11.5 Å². The smallest absolute Gasteiger partial charge is 0.418 e. The number of nitro groups is 1. The standard InChI is InChI=1S/C17H8ClF4N3O4/c18-10-6-11(19)13(24-16(26)5-9(8-23-24)17(20,21)22)7-15(10)29-14-4-2-1-3-12(14)25(27)28/h1-8H. The quantitative estimate of drug-likeness (QED) is 0.339. The van der Waals surface area contributed by atoms with Crippen LogP contribution in [0.15, 0.2) is 53.5 Å². The Hall–Kier alpha value is -3.47. The predicted octanol–water partition coefficient (Wildman–Crippen LogP) is 4.74. The molecule has 12 heteroatoms. The maximum Gasteiger partial charge on any atom is 0.418 e. The van der Waals surface area contributed by atoms with E-state index in [1.54, 1.807) is 0 Å². The number of hydrogen-bond acceptors (Lipinski definition) is 5. The van der Waals surface area contributed by atoms with Crippen molar-refractivity contribution in [3.05, 3.63) is 85.5 Å². The number of ether oxygens (including phenoxy) is 1. The van der Waals surface area contributed by atoms with Gasteiger partial charge in [0.15, 0.2) is 5.82 Å². The summed E-state index contributed by atoms with van der Waals surface area (Å²) in [7, 11) is 0. The number of nitro benzene ring substituents is 1. The van der Waals surface area contributed by atoms with Crippen molar-refractivity contribution in [1.82, 2.24) is 9.78 Å². The SMILES string of the molecule is O=c1cc(C(F)(F)F)cnn1-c1cc(Oc2ccccc2[N+](=O)[O-])c(Cl)cc1F. The molecule has 0 unspecified atom stereocenters. The molecule has 150 valence electrons. The number of para-hydroxylation sites is 2. The summed E-state index contributed by atoms with van der Waals surface area (Å²) in [6, 6.07) is 7.17. The monoisotopic (exact) mass is 429 g/mol. The molecule has 0 aliphatic rings. The van der Waals surface area contributed by atoms with E-state index in [4.69, 9.17) is 16.3 Å². The fourth-order valence-electron chi connectivity index (χ4n) is 2.32. The van der Waals surface area contributed by atoms with E-state index in [-0.39, 0.29) is 22.6 Å². The van der Waals surface area contributed by atoms with Crippen LogP contribution < -0.4 is 10.3 Å². The summed E-state index contributed by atoms with van der Waals surface area (Å²) in [6.07, 6.45) is -4.44. The Kier molecular flexibility index (Phi) is 5.25. The van der Waals surface area contributed by atoms with Gasteiger partial charge in [-0.05, 0) is 12.1 Å². The number of benzene rings is 2. The molecule has 0 saturated carbocycles. The van der Waals surface area contributed by atoms with Crippen molar-refractivity contribution in [1.29, 1.82) is 0 Å². The highest BCUT2D eigenvalue weighted by molar-refractivity contribution is 6.32. The van der Waals surface area contributed by atoms with E-state index in [9.17, 15) is 32.5 Å². The van der Waals surface area contributed by atoms with Gasteiger partial charge in [-0.2, -0.15) is 23.0 Å². The highest BCUT2D eigenvalue weighted by Crippen LogP contribution is 2.36. The first-order valence-corrected chi connectivity index (χ1v) is 8.03. The summed E-state index contributed by atoms with van der Waals surface area (Å²) in [5, 5.41) is 14.1. The molecule has 0 spiro atoms. The van der Waals surface area contributed by atoms with Gasteiger partial charge in [0.2, 0.25) is 5.75 Å². The van der Waals surface area contributed by atoms with Gasteiger partial charge in [0.1, 0.15) is 11.4 Å². The number of halogens is 5. The molecule has 0 saturated heterocycles. The van der Waals surface area contributed by atoms with Crippen LogP contribution in [0.2, 0.25) is 5.02 Å². The lowest BCUT2D eigenvalue weighted by Gasteiger charge is -2.12.